The summed E-state index contributed by atoms with van der Waals surface area (Å²) in [4.78, 5) is 26.5. The van der Waals surface area contributed by atoms with Crippen molar-refractivity contribution in [2.75, 3.05) is 20.3 Å². The third-order valence-corrected chi connectivity index (χ3v) is 5.09. The van der Waals surface area contributed by atoms with E-state index >= 15 is 0 Å². The third-order valence-electron chi connectivity index (χ3n) is 5.09. The molecule has 0 aliphatic carbocycles. The van der Waals surface area contributed by atoms with Crippen LogP contribution in [0.5, 0.6) is 0 Å². The molecule has 1 saturated heterocycles. The number of fused-ring (bicyclic) bond motifs is 1. The Morgan fingerprint density at radius 2 is 2.04 bits per heavy atom. The molecule has 7 heteroatoms. The van der Waals surface area contributed by atoms with Crippen LogP contribution in [-0.2, 0) is 19.0 Å². The number of nitrogens with one attached hydrogen (secondary N) is 2. The second kappa shape index (κ2) is 8.02. The minimum absolute atomic E-state index is 0.112. The summed E-state index contributed by atoms with van der Waals surface area (Å²) in [5.41, 5.74) is 0.875. The molecule has 2 aromatic rings. The van der Waals surface area contributed by atoms with Crippen molar-refractivity contribution in [3.05, 3.63) is 46.2 Å². The summed E-state index contributed by atoms with van der Waals surface area (Å²) in [5.74, 6) is -0.461. The van der Waals surface area contributed by atoms with E-state index in [-0.39, 0.29) is 17.7 Å². The highest BCUT2D eigenvalue weighted by Gasteiger charge is 2.38. The Balaban J connectivity index is 1.65. The summed E-state index contributed by atoms with van der Waals surface area (Å²) < 4.78 is 16.4. The first-order valence-electron chi connectivity index (χ1n) is 8.97. The normalized spacial score (nSPS) is 17.4. The van der Waals surface area contributed by atoms with Crippen molar-refractivity contribution in [1.82, 2.24) is 4.98 Å². The number of carbonyl (C=O) groups is 1. The fourth-order valence-electron chi connectivity index (χ4n) is 3.37. The molecule has 1 aromatic carbocycles. The van der Waals surface area contributed by atoms with E-state index in [0.717, 1.165) is 16.5 Å². The number of methoxy groups -OCH3 is 1. The Morgan fingerprint density at radius 1 is 1.30 bits per heavy atom. The number of rotatable bonds is 6. The van der Waals surface area contributed by atoms with E-state index in [1.165, 1.54) is 6.07 Å². The summed E-state index contributed by atoms with van der Waals surface area (Å²) in [5, 5.41) is 9.19. The molecule has 1 atom stereocenters. The zero-order chi connectivity index (χ0) is 19.4. The lowest BCUT2D eigenvalue weighted by molar-refractivity contribution is -0.147. The number of ether oxygens (including phenoxy) is 3. The molecule has 2 N–H and O–H groups in total. The quantitative estimate of drug-likeness (QED) is 0.600. The van der Waals surface area contributed by atoms with E-state index in [1.54, 1.807) is 26.2 Å². The van der Waals surface area contributed by atoms with Gasteiger partial charge < -0.3 is 24.6 Å². The van der Waals surface area contributed by atoms with Crippen LogP contribution >= 0.6 is 0 Å². The van der Waals surface area contributed by atoms with E-state index in [1.807, 2.05) is 12.1 Å². The van der Waals surface area contributed by atoms with Gasteiger partial charge in [0.05, 0.1) is 12.1 Å². The van der Waals surface area contributed by atoms with Gasteiger partial charge in [-0.25, -0.2) is 0 Å². The van der Waals surface area contributed by atoms with Crippen molar-refractivity contribution >= 4 is 22.6 Å². The molecule has 0 spiro atoms. The summed E-state index contributed by atoms with van der Waals surface area (Å²) in [6, 6.07) is 8.68. The number of hydrogen-bond donors (Lipinski definition) is 2. The van der Waals surface area contributed by atoms with Gasteiger partial charge >= 0.3 is 5.97 Å². The van der Waals surface area contributed by atoms with Crippen LogP contribution in [0.2, 0.25) is 0 Å². The number of aromatic amines is 1. The fourth-order valence-corrected chi connectivity index (χ4v) is 3.37. The maximum Gasteiger partial charge on any atom is 0.312 e. The Morgan fingerprint density at radius 3 is 2.74 bits per heavy atom. The zero-order valence-corrected chi connectivity index (χ0v) is 15.5. The number of H-pyrrole nitrogens is 1. The Hall–Kier alpha value is -2.51. The van der Waals surface area contributed by atoms with Crippen molar-refractivity contribution in [3.63, 3.8) is 0 Å². The number of carbonyl (C=O) groups excluding carboxylic acids is 1. The van der Waals surface area contributed by atoms with Crippen LogP contribution in [0.3, 0.4) is 0 Å². The SMILES string of the molecule is COC1(C(=N)CC(=O)OC(C)c2ccc3[nH]c(=O)ccc3c2)CCOCC1. The topological polar surface area (TPSA) is 101 Å². The Kier molecular flexibility index (Phi) is 5.72. The van der Waals surface area contributed by atoms with Crippen LogP contribution in [0.1, 0.15) is 37.9 Å². The van der Waals surface area contributed by atoms with Crippen molar-refractivity contribution in [2.24, 2.45) is 0 Å². The maximum atomic E-state index is 12.3. The Bertz CT molecular complexity index is 899. The van der Waals surface area contributed by atoms with Gasteiger partial charge in [0.1, 0.15) is 11.7 Å². The third kappa shape index (κ3) is 4.26. The first-order valence-corrected chi connectivity index (χ1v) is 8.97. The molecular formula is C20H24N2O5. The lowest BCUT2D eigenvalue weighted by Crippen LogP contribution is -2.46. The van der Waals surface area contributed by atoms with Gasteiger partial charge in [-0.05, 0) is 36.1 Å². The monoisotopic (exact) mass is 372 g/mol. The second-order valence-corrected chi connectivity index (χ2v) is 6.77. The summed E-state index contributed by atoms with van der Waals surface area (Å²) in [6.45, 7) is 2.82. The van der Waals surface area contributed by atoms with E-state index in [4.69, 9.17) is 19.6 Å². The largest absolute Gasteiger partial charge is 0.457 e. The predicted molar refractivity (Wildman–Crippen MR) is 101 cm³/mol. The van der Waals surface area contributed by atoms with Gasteiger partial charge in [-0.3, -0.25) is 9.59 Å². The minimum Gasteiger partial charge on any atom is -0.457 e. The molecule has 0 bridgehead atoms. The van der Waals surface area contributed by atoms with Crippen LogP contribution < -0.4 is 5.56 Å². The molecule has 1 unspecified atom stereocenters. The molecule has 1 fully saturated rings. The maximum absolute atomic E-state index is 12.3. The molecule has 1 aromatic heterocycles. The van der Waals surface area contributed by atoms with Crippen LogP contribution in [0.4, 0.5) is 0 Å². The van der Waals surface area contributed by atoms with Gasteiger partial charge in [0.2, 0.25) is 5.56 Å². The first-order chi connectivity index (χ1) is 12.9. The van der Waals surface area contributed by atoms with Crippen LogP contribution in [0.25, 0.3) is 10.9 Å². The minimum atomic E-state index is -0.741. The zero-order valence-electron chi connectivity index (χ0n) is 15.5. The van der Waals surface area contributed by atoms with Crippen molar-refractivity contribution < 1.29 is 19.0 Å². The number of hydrogen-bond acceptors (Lipinski definition) is 6. The molecule has 0 saturated carbocycles. The lowest BCUT2D eigenvalue weighted by atomic mass is 9.87. The summed E-state index contributed by atoms with van der Waals surface area (Å²) in [6.07, 6.45) is 0.552. The molecule has 1 aliphatic heterocycles. The van der Waals surface area contributed by atoms with E-state index in [0.29, 0.717) is 26.1 Å². The number of benzene rings is 1. The van der Waals surface area contributed by atoms with Crippen molar-refractivity contribution in [3.8, 4) is 0 Å². The molecule has 27 heavy (non-hydrogen) atoms. The molecular weight excluding hydrogens is 348 g/mol. The number of pyridine rings is 1. The van der Waals surface area contributed by atoms with Crippen molar-refractivity contribution in [2.45, 2.75) is 37.9 Å². The average molecular weight is 372 g/mol. The van der Waals surface area contributed by atoms with Gasteiger partial charge in [-0.1, -0.05) is 6.07 Å². The van der Waals surface area contributed by atoms with Gasteiger partial charge in [0.15, 0.2) is 0 Å². The van der Waals surface area contributed by atoms with E-state index in [9.17, 15) is 9.59 Å². The highest BCUT2D eigenvalue weighted by molar-refractivity contribution is 6.02. The van der Waals surface area contributed by atoms with Gasteiger partial charge in [-0.2, -0.15) is 0 Å². The Labute approximate surface area is 157 Å². The van der Waals surface area contributed by atoms with Gasteiger partial charge in [0, 0.05) is 44.7 Å². The van der Waals surface area contributed by atoms with E-state index in [2.05, 4.69) is 4.98 Å². The summed E-state index contributed by atoms with van der Waals surface area (Å²) >= 11 is 0. The number of aromatic nitrogens is 1. The fraction of sp³-hybridized carbons (Fsp3) is 0.450. The smallest absolute Gasteiger partial charge is 0.312 e. The molecule has 0 amide bonds. The molecule has 3 rings (SSSR count). The van der Waals surface area contributed by atoms with Crippen LogP contribution in [0, 0.1) is 5.41 Å². The molecule has 1 aliphatic rings. The highest BCUT2D eigenvalue weighted by Crippen LogP contribution is 2.28. The molecule has 0 radical (unpaired) electrons. The molecule has 2 heterocycles. The molecule has 144 valence electrons. The first kappa shape index (κ1) is 19.3. The highest BCUT2D eigenvalue weighted by atomic mass is 16.5. The standard InChI is InChI=1S/C20H24N2O5/c1-13(14-3-5-16-15(11-14)4-6-18(23)22-16)27-19(24)12-17(21)20(25-2)7-9-26-10-8-20/h3-6,11,13,21H,7-10,12H2,1-2H3,(H,22,23). The predicted octanol–water partition coefficient (Wildman–Crippen LogP) is 2.74. The van der Waals surface area contributed by atoms with E-state index < -0.39 is 17.7 Å². The van der Waals surface area contributed by atoms with Crippen LogP contribution in [0.15, 0.2) is 35.1 Å². The summed E-state index contributed by atoms with van der Waals surface area (Å²) in [7, 11) is 1.56. The van der Waals surface area contributed by atoms with Crippen molar-refractivity contribution in [1.29, 1.82) is 5.41 Å². The average Bonchev–Trinajstić information content (AvgIpc) is 2.67. The van der Waals surface area contributed by atoms with Gasteiger partial charge in [0.25, 0.3) is 0 Å². The number of esters is 1. The second-order valence-electron chi connectivity index (χ2n) is 6.77. The molecule has 7 nitrogen and oxygen atoms in total. The lowest BCUT2D eigenvalue weighted by Gasteiger charge is -2.36. The van der Waals surface area contributed by atoms with Gasteiger partial charge in [-0.15, -0.1) is 0 Å². The van der Waals surface area contributed by atoms with Crippen LogP contribution in [-0.4, -0.2) is 42.6 Å².